The minimum atomic E-state index is -0.418. The molecule has 3 heterocycles. The predicted molar refractivity (Wildman–Crippen MR) is 152 cm³/mol. The molecule has 0 radical (unpaired) electrons. The zero-order chi connectivity index (χ0) is 27.9. The lowest BCUT2D eigenvalue weighted by molar-refractivity contribution is -0.191. The summed E-state index contributed by atoms with van der Waals surface area (Å²) >= 11 is 0. The number of methoxy groups -OCH3 is 2. The number of H-pyrrole nitrogens is 1. The molecule has 3 fully saturated rings. The van der Waals surface area contributed by atoms with E-state index in [2.05, 4.69) is 52.5 Å². The van der Waals surface area contributed by atoms with Gasteiger partial charge in [0.05, 0.1) is 32.9 Å². The second kappa shape index (κ2) is 10.5. The van der Waals surface area contributed by atoms with E-state index in [0.717, 1.165) is 50.0 Å². The van der Waals surface area contributed by atoms with E-state index in [1.54, 1.807) is 14.2 Å². The highest BCUT2D eigenvalue weighted by Crippen LogP contribution is 2.56. The van der Waals surface area contributed by atoms with Crippen LogP contribution in [0.3, 0.4) is 0 Å². The van der Waals surface area contributed by atoms with Crippen LogP contribution in [0.15, 0.2) is 42.6 Å². The van der Waals surface area contributed by atoms with E-state index in [1.807, 2.05) is 18.3 Å². The molecule has 2 aliphatic heterocycles. The summed E-state index contributed by atoms with van der Waals surface area (Å²) in [6.45, 7) is 5.24. The number of nitrogens with zero attached hydrogens (tertiary/aromatic N) is 2. The van der Waals surface area contributed by atoms with Crippen LogP contribution < -0.4 is 10.1 Å². The van der Waals surface area contributed by atoms with E-state index in [-0.39, 0.29) is 23.3 Å². The van der Waals surface area contributed by atoms with E-state index < -0.39 is 5.60 Å². The fourth-order valence-electron chi connectivity index (χ4n) is 6.95. The minimum absolute atomic E-state index is 0.109. The first-order valence-electron chi connectivity index (χ1n) is 14.2. The van der Waals surface area contributed by atoms with Gasteiger partial charge in [0.15, 0.2) is 0 Å². The van der Waals surface area contributed by atoms with Gasteiger partial charge in [-0.3, -0.25) is 9.69 Å². The molecule has 2 aromatic carbocycles. The van der Waals surface area contributed by atoms with E-state index in [9.17, 15) is 10.1 Å². The number of amides is 1. The fraction of sp³-hybridized carbons (Fsp3) is 0.500. The molecule has 1 atom stereocenters. The number of carbonyl (C=O) groups is 1. The third-order valence-corrected chi connectivity index (χ3v) is 9.52. The predicted octanol–water partition coefficient (Wildman–Crippen LogP) is 4.89. The van der Waals surface area contributed by atoms with Crippen LogP contribution in [0.2, 0.25) is 0 Å². The van der Waals surface area contributed by atoms with Crippen LogP contribution in [0.25, 0.3) is 10.9 Å². The summed E-state index contributed by atoms with van der Waals surface area (Å²) in [5, 5.41) is 13.7. The van der Waals surface area contributed by atoms with Gasteiger partial charge in [0, 0.05) is 53.8 Å². The van der Waals surface area contributed by atoms with Crippen LogP contribution in [0.4, 0.5) is 0 Å². The van der Waals surface area contributed by atoms with Crippen molar-refractivity contribution in [1.29, 1.82) is 5.26 Å². The molecule has 8 nitrogen and oxygen atoms in total. The lowest BCUT2D eigenvalue weighted by Gasteiger charge is -2.53. The highest BCUT2D eigenvalue weighted by molar-refractivity contribution is 5.94. The average Bonchev–Trinajstić information content (AvgIpc) is 3.44. The van der Waals surface area contributed by atoms with Gasteiger partial charge in [-0.05, 0) is 80.0 Å². The smallest absolute Gasteiger partial charge is 0.251 e. The van der Waals surface area contributed by atoms with Crippen molar-refractivity contribution in [1.82, 2.24) is 15.2 Å². The van der Waals surface area contributed by atoms with Gasteiger partial charge in [0.1, 0.15) is 11.4 Å². The van der Waals surface area contributed by atoms with Crippen LogP contribution in [-0.4, -0.2) is 61.9 Å². The summed E-state index contributed by atoms with van der Waals surface area (Å²) in [6, 6.07) is 15.0. The Morgan fingerprint density at radius 3 is 2.62 bits per heavy atom. The Hall–Kier alpha value is -3.38. The maximum Gasteiger partial charge on any atom is 0.251 e. The third-order valence-electron chi connectivity index (χ3n) is 9.52. The molecule has 2 saturated heterocycles. The average molecular weight is 543 g/mol. The number of piperidine rings is 1. The number of fused-ring (bicyclic) bond motifs is 1. The Labute approximate surface area is 235 Å². The van der Waals surface area contributed by atoms with E-state index in [4.69, 9.17) is 14.2 Å². The molecule has 0 bridgehead atoms. The Balaban J connectivity index is 1.25. The highest BCUT2D eigenvalue weighted by atomic mass is 16.6. The SMILES string of the molecule is COc1cc(C)c2[nH]ccc2c1CN1CCC2(CC(C#N)C2)CC1c1ccc(C(=O)NCC2(OC)COC2)cc1. The summed E-state index contributed by atoms with van der Waals surface area (Å²) in [7, 11) is 3.40. The second-order valence-electron chi connectivity index (χ2n) is 12.0. The molecule has 3 aliphatic rings. The van der Waals surface area contributed by atoms with Crippen LogP contribution in [-0.2, 0) is 16.0 Å². The number of likely N-dealkylation sites (tertiary alicyclic amines) is 1. The Kier molecular flexibility index (Phi) is 7.07. The molecule has 1 aliphatic carbocycles. The van der Waals surface area contributed by atoms with E-state index >= 15 is 0 Å². The van der Waals surface area contributed by atoms with Gasteiger partial charge in [0.25, 0.3) is 5.91 Å². The number of hydrogen-bond acceptors (Lipinski definition) is 6. The topological polar surface area (TPSA) is 99.6 Å². The van der Waals surface area contributed by atoms with E-state index in [1.165, 1.54) is 22.1 Å². The molecule has 1 aromatic heterocycles. The molecule has 1 unspecified atom stereocenters. The number of benzene rings is 2. The first-order valence-corrected chi connectivity index (χ1v) is 14.2. The van der Waals surface area contributed by atoms with Crippen molar-refractivity contribution < 1.29 is 19.0 Å². The Morgan fingerprint density at radius 2 is 1.98 bits per heavy atom. The van der Waals surface area contributed by atoms with E-state index in [0.29, 0.717) is 25.3 Å². The fourth-order valence-corrected chi connectivity index (χ4v) is 6.95. The van der Waals surface area contributed by atoms with Crippen molar-refractivity contribution in [3.05, 3.63) is 64.8 Å². The molecule has 3 aromatic rings. The summed E-state index contributed by atoms with van der Waals surface area (Å²) < 4.78 is 16.7. The van der Waals surface area contributed by atoms with Gasteiger partial charge in [0.2, 0.25) is 0 Å². The van der Waals surface area contributed by atoms with Crippen molar-refractivity contribution in [2.45, 2.75) is 50.8 Å². The van der Waals surface area contributed by atoms with Crippen LogP contribution >= 0.6 is 0 Å². The first-order chi connectivity index (χ1) is 19.4. The number of nitrogens with one attached hydrogen (secondary N) is 2. The number of aromatic amines is 1. The molecule has 40 heavy (non-hydrogen) atoms. The maximum absolute atomic E-state index is 12.9. The van der Waals surface area contributed by atoms with Gasteiger partial charge in [-0.2, -0.15) is 5.26 Å². The van der Waals surface area contributed by atoms with Gasteiger partial charge in [-0.1, -0.05) is 12.1 Å². The summed E-state index contributed by atoms with van der Waals surface area (Å²) in [5.41, 5.74) is 5.15. The molecule has 1 saturated carbocycles. The number of carbonyl (C=O) groups excluding carboxylic acids is 1. The Bertz CT molecular complexity index is 1420. The molecule has 1 amide bonds. The number of aromatic nitrogens is 1. The van der Waals surface area contributed by atoms with Gasteiger partial charge in [-0.15, -0.1) is 0 Å². The van der Waals surface area contributed by atoms with Crippen molar-refractivity contribution in [3.63, 3.8) is 0 Å². The monoisotopic (exact) mass is 542 g/mol. The van der Waals surface area contributed by atoms with Gasteiger partial charge in [-0.25, -0.2) is 0 Å². The van der Waals surface area contributed by atoms with Crippen LogP contribution in [0.5, 0.6) is 5.75 Å². The summed E-state index contributed by atoms with van der Waals surface area (Å²) in [5.74, 6) is 0.975. The van der Waals surface area contributed by atoms with Crippen molar-refractivity contribution in [3.8, 4) is 11.8 Å². The zero-order valence-electron chi connectivity index (χ0n) is 23.6. The van der Waals surface area contributed by atoms with Crippen LogP contribution in [0.1, 0.15) is 58.8 Å². The number of nitriles is 1. The molecule has 8 heteroatoms. The second-order valence-corrected chi connectivity index (χ2v) is 12.0. The summed E-state index contributed by atoms with van der Waals surface area (Å²) in [6.07, 6.45) is 6.06. The van der Waals surface area contributed by atoms with Crippen molar-refractivity contribution in [2.75, 3.05) is 40.5 Å². The maximum atomic E-state index is 12.9. The zero-order valence-corrected chi connectivity index (χ0v) is 23.6. The van der Waals surface area contributed by atoms with Crippen molar-refractivity contribution in [2.24, 2.45) is 11.3 Å². The highest BCUT2D eigenvalue weighted by Gasteiger charge is 2.49. The minimum Gasteiger partial charge on any atom is -0.496 e. The number of aryl methyl sites for hydroxylation is 1. The van der Waals surface area contributed by atoms with Crippen LogP contribution in [0, 0.1) is 29.6 Å². The number of ether oxygens (including phenoxy) is 3. The molecule has 1 spiro atoms. The number of hydrogen-bond donors (Lipinski definition) is 2. The molecular formula is C32H38N4O4. The molecule has 210 valence electrons. The number of rotatable bonds is 8. The van der Waals surface area contributed by atoms with Gasteiger partial charge < -0.3 is 24.5 Å². The third kappa shape index (κ3) is 4.77. The van der Waals surface area contributed by atoms with Gasteiger partial charge >= 0.3 is 0 Å². The Morgan fingerprint density at radius 1 is 1.20 bits per heavy atom. The lowest BCUT2D eigenvalue weighted by atomic mass is 9.56. The standard InChI is InChI=1S/C32H38N4O4/c1-21-12-28(38-2)26(25-8-10-34-29(21)25)17-36-11-9-31(13-22(14-31)16-33)15-27(36)23-4-6-24(7-5-23)30(37)35-18-32(39-3)19-40-20-32/h4-8,10,12,22,27,34H,9,11,13-15,17-20H2,1-3H3,(H,35,37). The quantitative estimate of drug-likeness (QED) is 0.421. The molecular weight excluding hydrogens is 504 g/mol. The van der Waals surface area contributed by atoms with Crippen molar-refractivity contribution >= 4 is 16.8 Å². The largest absolute Gasteiger partial charge is 0.496 e. The molecule has 2 N–H and O–H groups in total. The lowest BCUT2D eigenvalue weighted by Crippen LogP contribution is -2.58. The normalized spacial score (nSPS) is 25.6. The summed E-state index contributed by atoms with van der Waals surface area (Å²) in [4.78, 5) is 18.8. The first kappa shape index (κ1) is 26.8. The molecule has 6 rings (SSSR count).